The molecular formula is C28H23N. The van der Waals surface area contributed by atoms with Crippen LogP contribution in [0.5, 0.6) is 0 Å². The summed E-state index contributed by atoms with van der Waals surface area (Å²) in [7, 11) is 0. The van der Waals surface area contributed by atoms with Crippen molar-refractivity contribution in [2.75, 3.05) is 5.32 Å². The van der Waals surface area contributed by atoms with Crippen LogP contribution in [0.1, 0.15) is 22.6 Å². The molecule has 1 unspecified atom stereocenters. The molecule has 1 heteroatoms. The van der Waals surface area contributed by atoms with E-state index in [1.54, 1.807) is 0 Å². The minimum atomic E-state index is 0.470. The van der Waals surface area contributed by atoms with E-state index in [0.29, 0.717) is 5.92 Å². The minimum absolute atomic E-state index is 0.470. The predicted molar refractivity (Wildman–Crippen MR) is 124 cm³/mol. The Morgan fingerprint density at radius 3 is 2.03 bits per heavy atom. The molecule has 5 rings (SSSR count). The van der Waals surface area contributed by atoms with Gasteiger partial charge in [0.25, 0.3) is 0 Å². The summed E-state index contributed by atoms with van der Waals surface area (Å²) in [5.41, 5.74) is 8.85. The fourth-order valence-corrected chi connectivity index (χ4v) is 4.00. The zero-order chi connectivity index (χ0) is 19.5. The van der Waals surface area contributed by atoms with Crippen LogP contribution < -0.4 is 5.32 Å². The van der Waals surface area contributed by atoms with Gasteiger partial charge in [0.1, 0.15) is 0 Å². The zero-order valence-electron chi connectivity index (χ0n) is 16.3. The summed E-state index contributed by atoms with van der Waals surface area (Å²) in [5, 5.41) is 3.44. The van der Waals surface area contributed by atoms with E-state index < -0.39 is 0 Å². The molecule has 1 aliphatic carbocycles. The van der Waals surface area contributed by atoms with Crippen molar-refractivity contribution in [1.29, 1.82) is 0 Å². The Kier molecular flexibility index (Phi) is 4.72. The highest BCUT2D eigenvalue weighted by molar-refractivity contribution is 5.72. The summed E-state index contributed by atoms with van der Waals surface area (Å²) in [6.45, 7) is 0. The minimum Gasteiger partial charge on any atom is -0.356 e. The number of rotatable bonds is 4. The van der Waals surface area contributed by atoms with E-state index in [0.717, 1.165) is 17.8 Å². The van der Waals surface area contributed by atoms with Crippen molar-refractivity contribution in [3.8, 4) is 11.1 Å². The molecule has 0 amide bonds. The average molecular weight is 373 g/mol. The number of hydrogen-bond acceptors (Lipinski definition) is 1. The van der Waals surface area contributed by atoms with Crippen LogP contribution in [0.25, 0.3) is 17.2 Å². The summed E-state index contributed by atoms with van der Waals surface area (Å²) in [6.07, 6.45) is 5.69. The molecular weight excluding hydrogens is 350 g/mol. The Hall–Kier alpha value is -3.58. The first kappa shape index (κ1) is 17.5. The number of benzene rings is 4. The van der Waals surface area contributed by atoms with Crippen LogP contribution in [-0.2, 0) is 6.42 Å². The fourth-order valence-electron chi connectivity index (χ4n) is 4.00. The van der Waals surface area contributed by atoms with E-state index >= 15 is 0 Å². The molecule has 0 fully saturated rings. The number of fused-ring (bicyclic) bond motifs is 1. The van der Waals surface area contributed by atoms with Gasteiger partial charge >= 0.3 is 0 Å². The van der Waals surface area contributed by atoms with E-state index in [9.17, 15) is 0 Å². The lowest BCUT2D eigenvalue weighted by Crippen LogP contribution is -2.05. The number of hydrogen-bond donors (Lipinski definition) is 1. The molecule has 0 aliphatic heterocycles. The molecule has 29 heavy (non-hydrogen) atoms. The molecule has 1 aliphatic rings. The van der Waals surface area contributed by atoms with Crippen LogP contribution in [0.15, 0.2) is 109 Å². The topological polar surface area (TPSA) is 12.0 Å². The van der Waals surface area contributed by atoms with Gasteiger partial charge < -0.3 is 5.32 Å². The first-order chi connectivity index (χ1) is 14.3. The number of nitrogens with one attached hydrogen (secondary N) is 1. The average Bonchev–Trinajstić information content (AvgIpc) is 2.80. The van der Waals surface area contributed by atoms with Crippen molar-refractivity contribution in [1.82, 2.24) is 0 Å². The molecule has 1 N–H and O–H groups in total. The maximum atomic E-state index is 3.44. The second kappa shape index (κ2) is 7.81. The Morgan fingerprint density at radius 2 is 1.28 bits per heavy atom. The maximum Gasteiger partial charge on any atom is 0.0384 e. The third-order valence-electron chi connectivity index (χ3n) is 5.60. The Labute approximate surface area is 172 Å². The molecule has 1 atom stereocenters. The van der Waals surface area contributed by atoms with Gasteiger partial charge in [-0.3, -0.25) is 0 Å². The number of allylic oxidation sites excluding steroid dienone is 1. The van der Waals surface area contributed by atoms with Gasteiger partial charge in [0.2, 0.25) is 0 Å². The molecule has 1 nitrogen and oxygen atoms in total. The number of anilines is 2. The van der Waals surface area contributed by atoms with E-state index in [2.05, 4.69) is 102 Å². The summed E-state index contributed by atoms with van der Waals surface area (Å²) in [6, 6.07) is 36.5. The summed E-state index contributed by atoms with van der Waals surface area (Å²) in [5.74, 6) is 0.470. The highest BCUT2D eigenvalue weighted by Crippen LogP contribution is 2.33. The lowest BCUT2D eigenvalue weighted by atomic mass is 9.84. The molecule has 0 aromatic heterocycles. The lowest BCUT2D eigenvalue weighted by Gasteiger charge is -2.20. The largest absolute Gasteiger partial charge is 0.356 e. The molecule has 0 saturated carbocycles. The van der Waals surface area contributed by atoms with Gasteiger partial charge in [-0.1, -0.05) is 84.9 Å². The van der Waals surface area contributed by atoms with Crippen LogP contribution in [0.3, 0.4) is 0 Å². The Morgan fingerprint density at radius 1 is 0.621 bits per heavy atom. The van der Waals surface area contributed by atoms with Crippen LogP contribution in [-0.4, -0.2) is 0 Å². The van der Waals surface area contributed by atoms with Crippen LogP contribution in [0.4, 0.5) is 11.4 Å². The lowest BCUT2D eigenvalue weighted by molar-refractivity contribution is 0.827. The van der Waals surface area contributed by atoms with Crippen molar-refractivity contribution in [2.24, 2.45) is 0 Å². The van der Waals surface area contributed by atoms with Crippen molar-refractivity contribution >= 4 is 17.5 Å². The molecule has 0 saturated heterocycles. The highest BCUT2D eigenvalue weighted by atomic mass is 14.9. The predicted octanol–water partition coefficient (Wildman–Crippen LogP) is 7.45. The highest BCUT2D eigenvalue weighted by Gasteiger charge is 2.16. The van der Waals surface area contributed by atoms with Crippen LogP contribution in [0.2, 0.25) is 0 Å². The van der Waals surface area contributed by atoms with Crippen LogP contribution >= 0.6 is 0 Å². The quantitative estimate of drug-likeness (QED) is 0.392. The fraction of sp³-hybridized carbons (Fsp3) is 0.0714. The van der Waals surface area contributed by atoms with Gasteiger partial charge in [0.05, 0.1) is 0 Å². The third kappa shape index (κ3) is 3.86. The van der Waals surface area contributed by atoms with Crippen molar-refractivity contribution in [2.45, 2.75) is 12.3 Å². The summed E-state index contributed by atoms with van der Waals surface area (Å²) < 4.78 is 0. The van der Waals surface area contributed by atoms with E-state index in [-0.39, 0.29) is 0 Å². The van der Waals surface area contributed by atoms with Crippen molar-refractivity contribution in [3.63, 3.8) is 0 Å². The molecule has 0 radical (unpaired) electrons. The van der Waals surface area contributed by atoms with Gasteiger partial charge in [-0.2, -0.15) is 0 Å². The number of para-hydroxylation sites is 1. The first-order valence-corrected chi connectivity index (χ1v) is 10.1. The Balaban J connectivity index is 1.35. The van der Waals surface area contributed by atoms with E-state index in [1.807, 2.05) is 18.2 Å². The van der Waals surface area contributed by atoms with Crippen molar-refractivity contribution in [3.05, 3.63) is 126 Å². The van der Waals surface area contributed by atoms with Gasteiger partial charge in [-0.05, 0) is 64.6 Å². The molecule has 140 valence electrons. The molecule has 0 bridgehead atoms. The second-order valence-corrected chi connectivity index (χ2v) is 7.56. The monoisotopic (exact) mass is 373 g/mol. The van der Waals surface area contributed by atoms with E-state index in [4.69, 9.17) is 0 Å². The van der Waals surface area contributed by atoms with Gasteiger partial charge in [0, 0.05) is 17.3 Å². The maximum absolute atomic E-state index is 3.44. The second-order valence-electron chi connectivity index (χ2n) is 7.56. The van der Waals surface area contributed by atoms with Crippen molar-refractivity contribution < 1.29 is 0 Å². The zero-order valence-corrected chi connectivity index (χ0v) is 16.3. The van der Waals surface area contributed by atoms with Gasteiger partial charge in [0.15, 0.2) is 0 Å². The molecule has 4 aromatic carbocycles. The third-order valence-corrected chi connectivity index (χ3v) is 5.60. The standard InChI is InChI=1S/C28H23N/c1-3-7-21(8-4-1)23-11-13-26-20-24(12-14-25(26)19-23)22-15-17-28(18-16-22)29-27-9-5-2-6-10-27/h1-18,20,23,29H,19H2. The normalized spacial score (nSPS) is 15.0. The molecule has 0 spiro atoms. The van der Waals surface area contributed by atoms with Gasteiger partial charge in [-0.15, -0.1) is 0 Å². The summed E-state index contributed by atoms with van der Waals surface area (Å²) >= 11 is 0. The molecule has 4 aromatic rings. The Bertz CT molecular complexity index is 1130. The van der Waals surface area contributed by atoms with E-state index in [1.165, 1.54) is 27.8 Å². The van der Waals surface area contributed by atoms with Crippen LogP contribution in [0, 0.1) is 0 Å². The summed E-state index contributed by atoms with van der Waals surface area (Å²) in [4.78, 5) is 0. The smallest absolute Gasteiger partial charge is 0.0384 e. The van der Waals surface area contributed by atoms with Gasteiger partial charge in [-0.25, -0.2) is 0 Å². The first-order valence-electron chi connectivity index (χ1n) is 10.1. The SMILES string of the molecule is C1=CC(c2ccccc2)Cc2ccc(-c3ccc(Nc4ccccc4)cc3)cc21. The molecule has 0 heterocycles.